The monoisotopic (exact) mass is 248 g/mol. The second-order valence-corrected chi connectivity index (χ2v) is 4.29. The van der Waals surface area contributed by atoms with Crippen LogP contribution in [0.15, 0.2) is 30.5 Å². The van der Waals surface area contributed by atoms with E-state index in [1.54, 1.807) is 12.1 Å². The molecule has 0 radical (unpaired) electrons. The minimum atomic E-state index is -1.01. The van der Waals surface area contributed by atoms with Gasteiger partial charge in [0.15, 0.2) is 0 Å². The van der Waals surface area contributed by atoms with Crippen LogP contribution in [0.5, 0.6) is 0 Å². The van der Waals surface area contributed by atoms with Crippen LogP contribution in [-0.4, -0.2) is 20.9 Å². The average Bonchev–Trinajstić information content (AvgIpc) is 2.74. The first-order valence-corrected chi connectivity index (χ1v) is 5.58. The number of hydrogen-bond acceptors (Lipinski definition) is 2. The van der Waals surface area contributed by atoms with Gasteiger partial charge in [0.1, 0.15) is 11.4 Å². The fraction of sp³-hybridized carbons (Fsp3) is 0.231. The summed E-state index contributed by atoms with van der Waals surface area (Å²) in [5, 5.41) is 13.2. The number of nitrogens with zero attached hydrogens (tertiary/aromatic N) is 2. The Morgan fingerprint density at radius 2 is 1.94 bits per heavy atom. The molecular weight excluding hydrogens is 235 g/mol. The highest BCUT2D eigenvalue weighted by atomic mass is 19.1. The summed E-state index contributed by atoms with van der Waals surface area (Å²) in [4.78, 5) is 11.1. The van der Waals surface area contributed by atoms with Crippen molar-refractivity contribution in [2.45, 2.75) is 19.8 Å². The predicted molar refractivity (Wildman–Crippen MR) is 64.6 cm³/mol. The third kappa shape index (κ3) is 2.11. The van der Waals surface area contributed by atoms with Crippen molar-refractivity contribution in [1.82, 2.24) is 9.78 Å². The Labute approximate surface area is 104 Å². The molecule has 0 amide bonds. The third-order valence-corrected chi connectivity index (χ3v) is 2.65. The number of rotatable bonds is 3. The van der Waals surface area contributed by atoms with E-state index >= 15 is 0 Å². The largest absolute Gasteiger partial charge is 0.478 e. The molecule has 0 bridgehead atoms. The van der Waals surface area contributed by atoms with E-state index in [9.17, 15) is 9.18 Å². The van der Waals surface area contributed by atoms with E-state index in [-0.39, 0.29) is 17.3 Å². The minimum absolute atomic E-state index is 0.00338. The van der Waals surface area contributed by atoms with Crippen LogP contribution in [0.3, 0.4) is 0 Å². The molecule has 0 saturated heterocycles. The van der Waals surface area contributed by atoms with Gasteiger partial charge in [0.25, 0.3) is 0 Å². The average molecular weight is 248 g/mol. The van der Waals surface area contributed by atoms with Gasteiger partial charge in [-0.05, 0) is 30.2 Å². The molecular formula is C13H13FN2O2. The maximum atomic E-state index is 12.9. The molecule has 0 saturated carbocycles. The van der Waals surface area contributed by atoms with Gasteiger partial charge in [-0.2, -0.15) is 5.10 Å². The van der Waals surface area contributed by atoms with Crippen LogP contribution in [0.2, 0.25) is 0 Å². The summed E-state index contributed by atoms with van der Waals surface area (Å²) in [5.74, 6) is -1.34. The van der Waals surface area contributed by atoms with Crippen LogP contribution < -0.4 is 0 Å². The second kappa shape index (κ2) is 4.60. The Morgan fingerprint density at radius 3 is 2.44 bits per heavy atom. The van der Waals surface area contributed by atoms with Crippen molar-refractivity contribution in [2.24, 2.45) is 0 Å². The molecule has 4 nitrogen and oxygen atoms in total. The second-order valence-electron chi connectivity index (χ2n) is 4.29. The molecule has 1 heterocycles. The van der Waals surface area contributed by atoms with E-state index in [2.05, 4.69) is 5.10 Å². The molecule has 0 aliphatic carbocycles. The molecule has 0 aliphatic heterocycles. The fourth-order valence-corrected chi connectivity index (χ4v) is 1.87. The maximum Gasteiger partial charge on any atom is 0.339 e. The van der Waals surface area contributed by atoms with E-state index in [0.717, 1.165) is 0 Å². The molecule has 5 heteroatoms. The zero-order valence-corrected chi connectivity index (χ0v) is 10.1. The van der Waals surface area contributed by atoms with E-state index in [1.165, 1.54) is 23.0 Å². The summed E-state index contributed by atoms with van der Waals surface area (Å²) in [6.07, 6.45) is 1.32. The molecule has 0 unspecified atom stereocenters. The smallest absolute Gasteiger partial charge is 0.339 e. The van der Waals surface area contributed by atoms with Crippen LogP contribution >= 0.6 is 0 Å². The molecule has 0 fully saturated rings. The van der Waals surface area contributed by atoms with Crippen molar-refractivity contribution < 1.29 is 14.3 Å². The van der Waals surface area contributed by atoms with E-state index in [1.807, 2.05) is 13.8 Å². The highest BCUT2D eigenvalue weighted by Crippen LogP contribution is 2.23. The van der Waals surface area contributed by atoms with Crippen molar-refractivity contribution in [2.75, 3.05) is 0 Å². The van der Waals surface area contributed by atoms with Gasteiger partial charge < -0.3 is 5.11 Å². The number of carbonyl (C=O) groups is 1. The highest BCUT2D eigenvalue weighted by Gasteiger charge is 2.20. The Balaban J connectivity index is 2.57. The molecule has 94 valence electrons. The van der Waals surface area contributed by atoms with Crippen LogP contribution in [0.25, 0.3) is 5.69 Å². The minimum Gasteiger partial charge on any atom is -0.478 e. The molecule has 2 aromatic rings. The van der Waals surface area contributed by atoms with Crippen LogP contribution in [0.4, 0.5) is 4.39 Å². The summed E-state index contributed by atoms with van der Waals surface area (Å²) < 4.78 is 14.4. The number of carboxylic acids is 1. The maximum absolute atomic E-state index is 12.9. The zero-order valence-electron chi connectivity index (χ0n) is 10.1. The van der Waals surface area contributed by atoms with Gasteiger partial charge in [0.2, 0.25) is 0 Å². The van der Waals surface area contributed by atoms with Crippen molar-refractivity contribution in [1.29, 1.82) is 0 Å². The van der Waals surface area contributed by atoms with E-state index in [0.29, 0.717) is 11.4 Å². The molecule has 1 N–H and O–H groups in total. The molecule has 2 rings (SSSR count). The number of halogens is 1. The third-order valence-electron chi connectivity index (χ3n) is 2.65. The summed E-state index contributed by atoms with van der Waals surface area (Å²) >= 11 is 0. The topological polar surface area (TPSA) is 55.1 Å². The van der Waals surface area contributed by atoms with Crippen molar-refractivity contribution in [3.8, 4) is 5.69 Å². The van der Waals surface area contributed by atoms with Crippen LogP contribution in [0.1, 0.15) is 35.8 Å². The van der Waals surface area contributed by atoms with Gasteiger partial charge in [-0.1, -0.05) is 13.8 Å². The summed E-state index contributed by atoms with van der Waals surface area (Å²) in [6, 6.07) is 5.78. The number of benzene rings is 1. The number of carboxylic acid groups (broad SMARTS) is 1. The lowest BCUT2D eigenvalue weighted by Gasteiger charge is -2.11. The van der Waals surface area contributed by atoms with Crippen molar-refractivity contribution in [3.05, 3.63) is 47.5 Å². The Kier molecular flexibility index (Phi) is 3.14. The first-order valence-electron chi connectivity index (χ1n) is 5.58. The Hall–Kier alpha value is -2.17. The van der Waals surface area contributed by atoms with Crippen LogP contribution in [-0.2, 0) is 0 Å². The lowest BCUT2D eigenvalue weighted by molar-refractivity contribution is 0.0695. The Morgan fingerprint density at radius 1 is 1.33 bits per heavy atom. The normalized spacial score (nSPS) is 10.9. The number of aromatic nitrogens is 2. The lowest BCUT2D eigenvalue weighted by atomic mass is 10.1. The van der Waals surface area contributed by atoms with Gasteiger partial charge in [-0.25, -0.2) is 13.9 Å². The lowest BCUT2D eigenvalue weighted by Crippen LogP contribution is -2.08. The molecule has 0 atom stereocenters. The van der Waals surface area contributed by atoms with Gasteiger partial charge in [-0.15, -0.1) is 0 Å². The molecule has 1 aromatic heterocycles. The first kappa shape index (κ1) is 12.3. The zero-order chi connectivity index (χ0) is 13.3. The molecule has 18 heavy (non-hydrogen) atoms. The summed E-state index contributed by atoms with van der Waals surface area (Å²) in [6.45, 7) is 3.78. The van der Waals surface area contributed by atoms with E-state index in [4.69, 9.17) is 5.11 Å². The van der Waals surface area contributed by atoms with Crippen molar-refractivity contribution >= 4 is 5.97 Å². The fourth-order valence-electron chi connectivity index (χ4n) is 1.87. The Bertz CT molecular complexity index is 573. The summed E-state index contributed by atoms with van der Waals surface area (Å²) in [5.41, 5.74) is 1.43. The SMILES string of the molecule is CC(C)c1c(C(=O)O)cnn1-c1ccc(F)cc1. The van der Waals surface area contributed by atoms with E-state index < -0.39 is 5.97 Å². The van der Waals surface area contributed by atoms with Gasteiger partial charge in [0, 0.05) is 0 Å². The molecule has 0 spiro atoms. The summed E-state index contributed by atoms with van der Waals surface area (Å²) in [7, 11) is 0. The number of aromatic carboxylic acids is 1. The van der Waals surface area contributed by atoms with Gasteiger partial charge >= 0.3 is 5.97 Å². The quantitative estimate of drug-likeness (QED) is 0.908. The standard InChI is InChI=1S/C13H13FN2O2/c1-8(2)12-11(13(17)18)7-15-16(12)10-5-3-9(14)4-6-10/h3-8H,1-2H3,(H,17,18). The predicted octanol–water partition coefficient (Wildman–Crippen LogP) is 2.83. The van der Waals surface area contributed by atoms with Gasteiger partial charge in [0.05, 0.1) is 17.6 Å². The molecule has 1 aromatic carbocycles. The molecule has 0 aliphatic rings. The van der Waals surface area contributed by atoms with Gasteiger partial charge in [-0.3, -0.25) is 0 Å². The highest BCUT2D eigenvalue weighted by molar-refractivity contribution is 5.89. The van der Waals surface area contributed by atoms with Crippen LogP contribution in [0, 0.1) is 5.82 Å². The van der Waals surface area contributed by atoms with Crippen molar-refractivity contribution in [3.63, 3.8) is 0 Å². The number of hydrogen-bond donors (Lipinski definition) is 1. The first-order chi connectivity index (χ1) is 8.50.